The molecule has 0 saturated heterocycles. The van der Waals surface area contributed by atoms with Crippen molar-refractivity contribution in [3.05, 3.63) is 62.8 Å². The number of benzene rings is 1. The fraction of sp³-hybridized carbons (Fsp3) is 0.458. The van der Waals surface area contributed by atoms with E-state index in [9.17, 15) is 9.59 Å². The highest BCUT2D eigenvalue weighted by atomic mass is 16.6. The number of hydrogen-bond acceptors (Lipinski definition) is 6. The lowest BCUT2D eigenvalue weighted by atomic mass is 9.87. The molecule has 2 atom stereocenters. The van der Waals surface area contributed by atoms with E-state index in [4.69, 9.17) is 9.47 Å². The molecule has 1 fully saturated rings. The molecule has 2 aliphatic rings. The molecule has 0 aliphatic heterocycles. The number of ether oxygens (including phenoxy) is 2. The second-order valence-electron chi connectivity index (χ2n) is 9.20. The van der Waals surface area contributed by atoms with E-state index in [1.165, 1.54) is 5.57 Å². The average Bonchev–Trinajstić information content (AvgIpc) is 3.08. The van der Waals surface area contributed by atoms with Crippen molar-refractivity contribution in [2.24, 2.45) is 5.92 Å². The minimum Gasteiger partial charge on any atom is -0.456 e. The largest absolute Gasteiger partial charge is 0.456 e. The van der Waals surface area contributed by atoms with E-state index in [0.717, 1.165) is 30.6 Å². The zero-order chi connectivity index (χ0) is 22.2. The number of nitrogens with one attached hydrogen (secondary N) is 2. The van der Waals surface area contributed by atoms with Crippen LogP contribution < -0.4 is 10.9 Å². The Balaban J connectivity index is 1.50. The van der Waals surface area contributed by atoms with E-state index in [0.29, 0.717) is 29.5 Å². The number of aromatic amines is 1. The van der Waals surface area contributed by atoms with Gasteiger partial charge in [0.2, 0.25) is 0 Å². The number of rotatable bonds is 5. The van der Waals surface area contributed by atoms with Crippen LogP contribution in [0.4, 0.5) is 5.69 Å². The van der Waals surface area contributed by atoms with Crippen molar-refractivity contribution in [1.82, 2.24) is 9.97 Å². The molecule has 0 bridgehead atoms. The SMILES string of the molecule is COCc1nc2c(c(=O)[nH]1)C=C1C(CCC1Nc1ccc(C(=O)OC(C)(C)C)cc1)C2. The number of anilines is 1. The maximum absolute atomic E-state index is 12.6. The van der Waals surface area contributed by atoms with Crippen molar-refractivity contribution < 1.29 is 14.3 Å². The van der Waals surface area contributed by atoms with Crippen molar-refractivity contribution in [3.63, 3.8) is 0 Å². The highest BCUT2D eigenvalue weighted by molar-refractivity contribution is 5.90. The van der Waals surface area contributed by atoms with Gasteiger partial charge in [-0.25, -0.2) is 9.78 Å². The fourth-order valence-corrected chi connectivity index (χ4v) is 4.31. The zero-order valence-electron chi connectivity index (χ0n) is 18.5. The zero-order valence-corrected chi connectivity index (χ0v) is 18.5. The summed E-state index contributed by atoms with van der Waals surface area (Å²) in [5, 5.41) is 3.56. The average molecular weight is 424 g/mol. The van der Waals surface area contributed by atoms with Crippen LogP contribution in [0.1, 0.15) is 61.1 Å². The summed E-state index contributed by atoms with van der Waals surface area (Å²) < 4.78 is 10.5. The van der Waals surface area contributed by atoms with Crippen LogP contribution in [0.25, 0.3) is 6.08 Å². The van der Waals surface area contributed by atoms with E-state index in [1.54, 1.807) is 19.2 Å². The summed E-state index contributed by atoms with van der Waals surface area (Å²) in [5.74, 6) is 0.628. The Morgan fingerprint density at radius 1 is 1.23 bits per heavy atom. The Kier molecular flexibility index (Phi) is 5.71. The van der Waals surface area contributed by atoms with Gasteiger partial charge >= 0.3 is 5.97 Å². The van der Waals surface area contributed by atoms with Gasteiger partial charge in [-0.2, -0.15) is 0 Å². The molecule has 0 radical (unpaired) electrons. The first-order chi connectivity index (χ1) is 14.7. The van der Waals surface area contributed by atoms with Gasteiger partial charge in [0.1, 0.15) is 18.0 Å². The molecule has 31 heavy (non-hydrogen) atoms. The van der Waals surface area contributed by atoms with Crippen LogP contribution in [-0.4, -0.2) is 34.7 Å². The first kappa shape index (κ1) is 21.3. The number of esters is 1. The van der Waals surface area contributed by atoms with Gasteiger partial charge in [-0.15, -0.1) is 0 Å². The number of methoxy groups -OCH3 is 1. The summed E-state index contributed by atoms with van der Waals surface area (Å²) in [5.41, 5.74) is 3.58. The van der Waals surface area contributed by atoms with E-state index in [2.05, 4.69) is 15.3 Å². The summed E-state index contributed by atoms with van der Waals surface area (Å²) in [7, 11) is 1.59. The van der Waals surface area contributed by atoms with E-state index >= 15 is 0 Å². The topological polar surface area (TPSA) is 93.3 Å². The van der Waals surface area contributed by atoms with E-state index in [1.807, 2.05) is 39.0 Å². The van der Waals surface area contributed by atoms with Gasteiger partial charge in [0.05, 0.1) is 16.8 Å². The van der Waals surface area contributed by atoms with Crippen LogP contribution >= 0.6 is 0 Å². The molecule has 0 amide bonds. The first-order valence-electron chi connectivity index (χ1n) is 10.7. The number of aromatic nitrogens is 2. The van der Waals surface area contributed by atoms with E-state index < -0.39 is 5.60 Å². The number of nitrogens with zero attached hydrogens (tertiary/aromatic N) is 1. The molecule has 2 aliphatic carbocycles. The maximum Gasteiger partial charge on any atom is 0.338 e. The predicted molar refractivity (Wildman–Crippen MR) is 119 cm³/mol. The van der Waals surface area contributed by atoms with Gasteiger partial charge in [-0.1, -0.05) is 0 Å². The van der Waals surface area contributed by atoms with Crippen molar-refractivity contribution in [2.75, 3.05) is 12.4 Å². The maximum atomic E-state index is 12.6. The number of hydrogen-bond donors (Lipinski definition) is 2. The van der Waals surface area contributed by atoms with Crippen LogP contribution in [0, 0.1) is 5.92 Å². The van der Waals surface area contributed by atoms with Gasteiger partial charge in [0.15, 0.2) is 0 Å². The first-order valence-corrected chi connectivity index (χ1v) is 10.7. The van der Waals surface area contributed by atoms with Crippen LogP contribution in [-0.2, 0) is 22.5 Å². The molecule has 2 aromatic rings. The molecule has 1 aromatic carbocycles. The monoisotopic (exact) mass is 423 g/mol. The van der Waals surface area contributed by atoms with Crippen LogP contribution in [0.3, 0.4) is 0 Å². The second kappa shape index (κ2) is 8.30. The molecule has 7 heteroatoms. The minimum atomic E-state index is -0.520. The molecule has 1 saturated carbocycles. The van der Waals surface area contributed by atoms with Crippen LogP contribution in [0.2, 0.25) is 0 Å². The lowest BCUT2D eigenvalue weighted by molar-refractivity contribution is 0.00695. The summed E-state index contributed by atoms with van der Waals surface area (Å²) in [4.78, 5) is 32.2. The number of fused-ring (bicyclic) bond motifs is 2. The van der Waals surface area contributed by atoms with Crippen molar-refractivity contribution in [3.8, 4) is 0 Å². The third-order valence-corrected chi connectivity index (χ3v) is 5.65. The Morgan fingerprint density at radius 3 is 2.65 bits per heavy atom. The minimum absolute atomic E-state index is 0.115. The molecule has 1 aromatic heterocycles. The van der Waals surface area contributed by atoms with Gasteiger partial charge in [-0.3, -0.25) is 4.79 Å². The Morgan fingerprint density at radius 2 is 1.97 bits per heavy atom. The standard InChI is InChI=1S/C24H29N3O4/c1-24(2,3)31-23(29)14-5-8-16(9-6-14)25-19-10-7-15-11-20-18(12-17(15)19)22(28)27-21(26-20)13-30-4/h5-6,8-9,12,15,19,25H,7,10-11,13H2,1-4H3,(H,26,27,28). The van der Waals surface area contributed by atoms with Gasteiger partial charge in [0, 0.05) is 18.8 Å². The second-order valence-corrected chi connectivity index (χ2v) is 9.20. The highest BCUT2D eigenvalue weighted by Crippen LogP contribution is 2.39. The van der Waals surface area contributed by atoms with Gasteiger partial charge < -0.3 is 19.8 Å². The van der Waals surface area contributed by atoms with Gasteiger partial charge in [0.25, 0.3) is 5.56 Å². The van der Waals surface area contributed by atoms with Crippen LogP contribution in [0.15, 0.2) is 34.6 Å². The van der Waals surface area contributed by atoms with Crippen molar-refractivity contribution >= 4 is 17.7 Å². The molecule has 2 N–H and O–H groups in total. The molecule has 164 valence electrons. The van der Waals surface area contributed by atoms with Gasteiger partial charge in [-0.05, 0) is 81.9 Å². The lowest BCUT2D eigenvalue weighted by Gasteiger charge is -2.24. The fourth-order valence-electron chi connectivity index (χ4n) is 4.31. The third kappa shape index (κ3) is 4.71. The smallest absolute Gasteiger partial charge is 0.338 e. The summed E-state index contributed by atoms with van der Waals surface area (Å²) in [6.07, 6.45) is 4.82. The molecule has 1 heterocycles. The molecule has 7 nitrogen and oxygen atoms in total. The highest BCUT2D eigenvalue weighted by Gasteiger charge is 2.34. The molecule has 4 rings (SSSR count). The summed E-state index contributed by atoms with van der Waals surface area (Å²) in [6.45, 7) is 5.86. The number of carbonyl (C=O) groups is 1. The molecular weight excluding hydrogens is 394 g/mol. The van der Waals surface area contributed by atoms with Crippen LogP contribution in [0.5, 0.6) is 0 Å². The Bertz CT molecular complexity index is 1060. The van der Waals surface area contributed by atoms with Crippen molar-refractivity contribution in [2.45, 2.75) is 58.3 Å². The summed E-state index contributed by atoms with van der Waals surface area (Å²) in [6, 6.07) is 7.51. The number of H-pyrrole nitrogens is 1. The summed E-state index contributed by atoms with van der Waals surface area (Å²) >= 11 is 0. The number of carbonyl (C=O) groups excluding carboxylic acids is 1. The predicted octanol–water partition coefficient (Wildman–Crippen LogP) is 3.70. The Labute approximate surface area is 181 Å². The van der Waals surface area contributed by atoms with E-state index in [-0.39, 0.29) is 17.6 Å². The molecule has 0 spiro atoms. The van der Waals surface area contributed by atoms with Crippen molar-refractivity contribution in [1.29, 1.82) is 0 Å². The quantitative estimate of drug-likeness (QED) is 0.713. The third-order valence-electron chi connectivity index (χ3n) is 5.65. The normalized spacial score (nSPS) is 19.9. The molecule has 2 unspecified atom stereocenters. The lowest BCUT2D eigenvalue weighted by Crippen LogP contribution is -2.26. The Hall–Kier alpha value is -2.93. The molecular formula is C24H29N3O4.